The molecule has 1 amide bonds. The van der Waals surface area contributed by atoms with Gasteiger partial charge < -0.3 is 5.32 Å². The van der Waals surface area contributed by atoms with E-state index in [9.17, 15) is 13.2 Å². The van der Waals surface area contributed by atoms with Crippen LogP contribution in [0.3, 0.4) is 0 Å². The Morgan fingerprint density at radius 2 is 1.70 bits per heavy atom. The molecule has 0 aromatic heterocycles. The van der Waals surface area contributed by atoms with Gasteiger partial charge in [-0.1, -0.05) is 37.5 Å². The van der Waals surface area contributed by atoms with Crippen LogP contribution in [0.2, 0.25) is 0 Å². The molecule has 0 unspecified atom stereocenters. The maximum Gasteiger partial charge on any atom is 0.243 e. The number of sulfonamides is 1. The lowest BCUT2D eigenvalue weighted by Crippen LogP contribution is -2.52. The highest BCUT2D eigenvalue weighted by Crippen LogP contribution is 2.23. The normalized spacial score (nSPS) is 25.3. The summed E-state index contributed by atoms with van der Waals surface area (Å²) in [7, 11) is -3.45. The number of amides is 1. The molecule has 27 heavy (non-hydrogen) atoms. The summed E-state index contributed by atoms with van der Waals surface area (Å²) in [6, 6.07) is 7.25. The summed E-state index contributed by atoms with van der Waals surface area (Å²) >= 11 is 0. The van der Waals surface area contributed by atoms with Gasteiger partial charge in [0.25, 0.3) is 0 Å². The van der Waals surface area contributed by atoms with E-state index in [1.54, 1.807) is 12.1 Å². The van der Waals surface area contributed by atoms with Gasteiger partial charge in [-0.3, -0.25) is 9.69 Å². The third-order valence-corrected chi connectivity index (χ3v) is 7.73. The average Bonchev–Trinajstić information content (AvgIpc) is 2.64. The fraction of sp³-hybridized carbons (Fsp3) is 0.650. The maximum absolute atomic E-state index is 12.8. The number of nitrogens with one attached hydrogen (secondary N) is 1. The zero-order valence-corrected chi connectivity index (χ0v) is 17.2. The molecule has 6 nitrogen and oxygen atoms in total. The van der Waals surface area contributed by atoms with Gasteiger partial charge in [0.1, 0.15) is 0 Å². The number of aryl methyl sites for hydroxylation is 1. The summed E-state index contributed by atoms with van der Waals surface area (Å²) in [6.45, 7) is 6.50. The summed E-state index contributed by atoms with van der Waals surface area (Å²) < 4.78 is 27.0. The van der Waals surface area contributed by atoms with Crippen molar-refractivity contribution in [1.29, 1.82) is 0 Å². The quantitative estimate of drug-likeness (QED) is 0.831. The largest absolute Gasteiger partial charge is 0.352 e. The molecule has 3 rings (SSSR count). The second-order valence-electron chi connectivity index (χ2n) is 7.93. The molecule has 1 aliphatic heterocycles. The molecule has 1 N–H and O–H groups in total. The molecule has 2 aliphatic rings. The first-order valence-electron chi connectivity index (χ1n) is 9.95. The Bertz CT molecular complexity index is 740. The van der Waals surface area contributed by atoms with Crippen molar-refractivity contribution in [3.05, 3.63) is 29.8 Å². The zero-order valence-electron chi connectivity index (χ0n) is 16.4. The molecule has 1 aliphatic carbocycles. The molecule has 0 radical (unpaired) electrons. The van der Waals surface area contributed by atoms with Crippen molar-refractivity contribution in [3.63, 3.8) is 0 Å². The fourth-order valence-electron chi connectivity index (χ4n) is 3.97. The van der Waals surface area contributed by atoms with Gasteiger partial charge in [-0.2, -0.15) is 4.31 Å². The maximum atomic E-state index is 12.8. The van der Waals surface area contributed by atoms with Crippen molar-refractivity contribution in [1.82, 2.24) is 14.5 Å². The highest BCUT2D eigenvalue weighted by molar-refractivity contribution is 7.89. The molecule has 1 saturated carbocycles. The van der Waals surface area contributed by atoms with Gasteiger partial charge in [-0.25, -0.2) is 8.42 Å². The van der Waals surface area contributed by atoms with E-state index in [-0.39, 0.29) is 11.9 Å². The molecule has 150 valence electrons. The van der Waals surface area contributed by atoms with Crippen molar-refractivity contribution >= 4 is 15.9 Å². The second kappa shape index (κ2) is 8.71. The van der Waals surface area contributed by atoms with E-state index >= 15 is 0 Å². The number of rotatable bonds is 5. The van der Waals surface area contributed by atoms with E-state index in [0.717, 1.165) is 12.0 Å². The molecular weight excluding hydrogens is 362 g/mol. The summed E-state index contributed by atoms with van der Waals surface area (Å²) in [5, 5.41) is 3.18. The van der Waals surface area contributed by atoms with Gasteiger partial charge >= 0.3 is 0 Å². The molecule has 1 heterocycles. The Balaban J connectivity index is 1.49. The van der Waals surface area contributed by atoms with E-state index in [0.29, 0.717) is 43.5 Å². The second-order valence-corrected chi connectivity index (χ2v) is 9.87. The smallest absolute Gasteiger partial charge is 0.243 e. The van der Waals surface area contributed by atoms with Crippen LogP contribution < -0.4 is 5.32 Å². The van der Waals surface area contributed by atoms with Crippen LogP contribution in [0.5, 0.6) is 0 Å². The van der Waals surface area contributed by atoms with Crippen molar-refractivity contribution in [3.8, 4) is 0 Å². The minimum atomic E-state index is -3.45. The van der Waals surface area contributed by atoms with E-state index in [1.807, 2.05) is 24.0 Å². The Kier molecular flexibility index (Phi) is 6.55. The molecule has 1 aromatic carbocycles. The van der Waals surface area contributed by atoms with Gasteiger partial charge in [-0.15, -0.1) is 0 Å². The summed E-state index contributed by atoms with van der Waals surface area (Å²) in [5.74, 6) is 0.600. The van der Waals surface area contributed by atoms with Crippen LogP contribution in [0.1, 0.15) is 38.2 Å². The Morgan fingerprint density at radius 3 is 2.33 bits per heavy atom. The minimum Gasteiger partial charge on any atom is -0.352 e. The van der Waals surface area contributed by atoms with Crippen LogP contribution in [0, 0.1) is 12.8 Å². The van der Waals surface area contributed by atoms with Gasteiger partial charge in [0.05, 0.1) is 11.4 Å². The zero-order chi connectivity index (χ0) is 19.4. The Labute approximate surface area is 163 Å². The predicted octanol–water partition coefficient (Wildman–Crippen LogP) is 2.00. The van der Waals surface area contributed by atoms with Crippen LogP contribution in [-0.2, 0) is 14.8 Å². The van der Waals surface area contributed by atoms with Crippen LogP contribution in [0.4, 0.5) is 0 Å². The molecule has 0 bridgehead atoms. The van der Waals surface area contributed by atoms with Gasteiger partial charge in [-0.05, 0) is 37.8 Å². The lowest BCUT2D eigenvalue weighted by atomic mass is 9.86. The molecule has 2 fully saturated rings. The SMILES string of the molecule is Cc1ccc(S(=O)(=O)N2CCN(CC(=O)N[C@@H]3CCCC[C@@H]3C)CC2)cc1. The van der Waals surface area contributed by atoms with Gasteiger partial charge in [0.2, 0.25) is 15.9 Å². The summed E-state index contributed by atoms with van der Waals surface area (Å²) in [4.78, 5) is 14.8. The Hall–Kier alpha value is -1.44. The van der Waals surface area contributed by atoms with Crippen LogP contribution >= 0.6 is 0 Å². The summed E-state index contributed by atoms with van der Waals surface area (Å²) in [6.07, 6.45) is 4.69. The molecule has 1 saturated heterocycles. The van der Waals surface area contributed by atoms with Gasteiger partial charge in [0, 0.05) is 32.2 Å². The van der Waals surface area contributed by atoms with E-state index in [4.69, 9.17) is 0 Å². The predicted molar refractivity (Wildman–Crippen MR) is 106 cm³/mol. The molecule has 2 atom stereocenters. The number of carbonyl (C=O) groups excluding carboxylic acids is 1. The number of hydrogen-bond donors (Lipinski definition) is 1. The third kappa shape index (κ3) is 5.09. The molecule has 1 aromatic rings. The van der Waals surface area contributed by atoms with E-state index in [2.05, 4.69) is 12.2 Å². The van der Waals surface area contributed by atoms with E-state index < -0.39 is 10.0 Å². The number of hydrogen-bond acceptors (Lipinski definition) is 4. The fourth-order valence-corrected chi connectivity index (χ4v) is 5.40. The first-order chi connectivity index (χ1) is 12.9. The number of carbonyl (C=O) groups is 1. The Morgan fingerprint density at radius 1 is 1.07 bits per heavy atom. The highest BCUT2D eigenvalue weighted by atomic mass is 32.2. The molecular formula is C20H31N3O3S. The molecule has 7 heteroatoms. The monoisotopic (exact) mass is 393 g/mol. The topological polar surface area (TPSA) is 69.7 Å². The van der Waals surface area contributed by atoms with Crippen LogP contribution in [0.15, 0.2) is 29.2 Å². The first kappa shape index (κ1) is 20.3. The van der Waals surface area contributed by atoms with Crippen molar-refractivity contribution in [2.45, 2.75) is 50.5 Å². The third-order valence-electron chi connectivity index (χ3n) is 5.82. The number of nitrogens with zero attached hydrogens (tertiary/aromatic N) is 2. The van der Waals surface area contributed by atoms with Crippen LogP contribution in [-0.4, -0.2) is 62.3 Å². The van der Waals surface area contributed by atoms with Crippen molar-refractivity contribution in [2.75, 3.05) is 32.7 Å². The molecule has 0 spiro atoms. The highest BCUT2D eigenvalue weighted by Gasteiger charge is 2.29. The first-order valence-corrected chi connectivity index (χ1v) is 11.4. The summed E-state index contributed by atoms with van der Waals surface area (Å²) in [5.41, 5.74) is 1.04. The van der Waals surface area contributed by atoms with Crippen LogP contribution in [0.25, 0.3) is 0 Å². The number of benzene rings is 1. The standard InChI is InChI=1S/C20H31N3O3S/c1-16-7-9-18(10-8-16)27(25,26)23-13-11-22(12-14-23)15-20(24)21-19-6-4-3-5-17(19)2/h7-10,17,19H,3-6,11-15H2,1-2H3,(H,21,24)/t17-,19+/m0/s1. The minimum absolute atomic E-state index is 0.0589. The van der Waals surface area contributed by atoms with Crippen molar-refractivity contribution < 1.29 is 13.2 Å². The van der Waals surface area contributed by atoms with Crippen molar-refractivity contribution in [2.24, 2.45) is 5.92 Å². The lowest BCUT2D eigenvalue weighted by Gasteiger charge is -2.34. The van der Waals surface area contributed by atoms with Gasteiger partial charge in [0.15, 0.2) is 0 Å². The van der Waals surface area contributed by atoms with E-state index in [1.165, 1.54) is 23.6 Å². The lowest BCUT2D eigenvalue weighted by molar-refractivity contribution is -0.123. The number of piperazine rings is 1. The average molecular weight is 394 g/mol.